The molecular weight excluding hydrogens is 238 g/mol. The van der Waals surface area contributed by atoms with E-state index < -0.39 is 0 Å². The van der Waals surface area contributed by atoms with E-state index in [1.165, 1.54) is 18.4 Å². The van der Waals surface area contributed by atoms with Gasteiger partial charge in [-0.15, -0.1) is 5.10 Å². The molecule has 1 saturated carbocycles. The smallest absolute Gasteiger partial charge is 0.249 e. The molecule has 1 fully saturated rings. The van der Waals surface area contributed by atoms with Gasteiger partial charge in [0.25, 0.3) is 0 Å². The van der Waals surface area contributed by atoms with Crippen molar-refractivity contribution in [2.45, 2.75) is 32.2 Å². The molecule has 5 heteroatoms. The van der Waals surface area contributed by atoms with Gasteiger partial charge in [-0.25, -0.2) is 0 Å². The Morgan fingerprint density at radius 3 is 2.89 bits per heavy atom. The van der Waals surface area contributed by atoms with Crippen molar-refractivity contribution >= 4 is 17.5 Å². The zero-order valence-corrected chi connectivity index (χ0v) is 10.9. The molecule has 2 N–H and O–H groups in total. The highest BCUT2D eigenvalue weighted by Gasteiger charge is 2.21. The summed E-state index contributed by atoms with van der Waals surface area (Å²) in [5.41, 5.74) is 2.28. The topological polar surface area (TPSA) is 62.7 Å². The maximum atomic E-state index is 4.43. The molecule has 0 radical (unpaired) electrons. The average molecular weight is 255 g/mol. The maximum Gasteiger partial charge on any atom is 0.249 e. The van der Waals surface area contributed by atoms with Gasteiger partial charge in [0, 0.05) is 11.7 Å². The largest absolute Gasteiger partial charge is 0.366 e. The summed E-state index contributed by atoms with van der Waals surface area (Å²) < 4.78 is 0. The second kappa shape index (κ2) is 5.22. The Balaban J connectivity index is 1.78. The van der Waals surface area contributed by atoms with Gasteiger partial charge in [-0.2, -0.15) is 10.1 Å². The van der Waals surface area contributed by atoms with E-state index >= 15 is 0 Å². The Bertz CT molecular complexity index is 565. The van der Waals surface area contributed by atoms with Crippen molar-refractivity contribution in [2.24, 2.45) is 0 Å². The third-order valence-corrected chi connectivity index (χ3v) is 3.13. The highest BCUT2D eigenvalue weighted by Crippen LogP contribution is 2.24. The zero-order chi connectivity index (χ0) is 13.1. The predicted molar refractivity (Wildman–Crippen MR) is 75.6 cm³/mol. The number of hydrogen-bond acceptors (Lipinski definition) is 5. The van der Waals surface area contributed by atoms with Gasteiger partial charge < -0.3 is 10.6 Å². The second-order valence-corrected chi connectivity index (χ2v) is 4.72. The molecule has 2 aromatic rings. The third kappa shape index (κ3) is 2.99. The molecule has 0 amide bonds. The van der Waals surface area contributed by atoms with Crippen molar-refractivity contribution in [2.75, 3.05) is 10.6 Å². The van der Waals surface area contributed by atoms with Crippen molar-refractivity contribution in [3.63, 3.8) is 0 Å². The number of hydrogen-bond donors (Lipinski definition) is 2. The van der Waals surface area contributed by atoms with Crippen LogP contribution in [0.2, 0.25) is 0 Å². The van der Waals surface area contributed by atoms with Gasteiger partial charge in [0.05, 0.1) is 6.20 Å². The number of rotatable bonds is 5. The normalized spacial score (nSPS) is 14.2. The molecule has 1 aromatic heterocycles. The summed E-state index contributed by atoms with van der Waals surface area (Å²) in [5.74, 6) is 1.32. The standard InChI is InChI=1S/C14H17N5/c1-2-10-5-3-4-6-12(10)17-14-18-13(9-15-19-14)16-11-7-8-11/h3-6,9,11H,2,7-8H2,1H3,(H2,16,17,18,19). The molecule has 98 valence electrons. The fourth-order valence-corrected chi connectivity index (χ4v) is 1.93. The Hall–Kier alpha value is -2.17. The van der Waals surface area contributed by atoms with Crippen molar-refractivity contribution < 1.29 is 0 Å². The van der Waals surface area contributed by atoms with Gasteiger partial charge in [-0.3, -0.25) is 0 Å². The molecule has 0 aliphatic heterocycles. The van der Waals surface area contributed by atoms with E-state index in [9.17, 15) is 0 Å². The lowest BCUT2D eigenvalue weighted by atomic mass is 10.1. The van der Waals surface area contributed by atoms with Crippen LogP contribution in [-0.2, 0) is 6.42 Å². The average Bonchev–Trinajstić information content (AvgIpc) is 3.24. The van der Waals surface area contributed by atoms with Crippen LogP contribution in [-0.4, -0.2) is 21.2 Å². The van der Waals surface area contributed by atoms with Crippen LogP contribution >= 0.6 is 0 Å². The minimum absolute atomic E-state index is 0.534. The first-order chi connectivity index (χ1) is 9.35. The molecule has 1 aliphatic rings. The summed E-state index contributed by atoms with van der Waals surface area (Å²) >= 11 is 0. The number of nitrogens with one attached hydrogen (secondary N) is 2. The summed E-state index contributed by atoms with van der Waals surface area (Å²) in [5, 5.41) is 14.6. The van der Waals surface area contributed by atoms with E-state index in [1.807, 2.05) is 18.2 Å². The third-order valence-electron chi connectivity index (χ3n) is 3.13. The Kier molecular flexibility index (Phi) is 3.27. The number of para-hydroxylation sites is 1. The summed E-state index contributed by atoms with van der Waals surface area (Å²) in [7, 11) is 0. The first-order valence-electron chi connectivity index (χ1n) is 6.66. The molecule has 0 atom stereocenters. The summed E-state index contributed by atoms with van der Waals surface area (Å²) in [6, 6.07) is 8.73. The minimum Gasteiger partial charge on any atom is -0.366 e. The molecule has 19 heavy (non-hydrogen) atoms. The van der Waals surface area contributed by atoms with Gasteiger partial charge >= 0.3 is 0 Å². The lowest BCUT2D eigenvalue weighted by Crippen LogP contribution is -2.07. The molecule has 0 spiro atoms. The number of benzene rings is 1. The number of aryl methyl sites for hydroxylation is 1. The van der Waals surface area contributed by atoms with Crippen molar-refractivity contribution in [3.05, 3.63) is 36.0 Å². The molecule has 0 unspecified atom stereocenters. The van der Waals surface area contributed by atoms with E-state index in [0.29, 0.717) is 12.0 Å². The fourth-order valence-electron chi connectivity index (χ4n) is 1.93. The minimum atomic E-state index is 0.534. The molecule has 0 bridgehead atoms. The molecule has 0 saturated heterocycles. The van der Waals surface area contributed by atoms with Crippen LogP contribution in [0.5, 0.6) is 0 Å². The lowest BCUT2D eigenvalue weighted by molar-refractivity contribution is 0.963. The van der Waals surface area contributed by atoms with Crippen LogP contribution in [0.25, 0.3) is 0 Å². The van der Waals surface area contributed by atoms with Crippen molar-refractivity contribution in [1.82, 2.24) is 15.2 Å². The van der Waals surface area contributed by atoms with Crippen LogP contribution in [0.3, 0.4) is 0 Å². The number of nitrogens with zero attached hydrogens (tertiary/aromatic N) is 3. The monoisotopic (exact) mass is 255 g/mol. The van der Waals surface area contributed by atoms with Crippen molar-refractivity contribution in [1.29, 1.82) is 0 Å². The lowest BCUT2D eigenvalue weighted by Gasteiger charge is -2.09. The summed E-state index contributed by atoms with van der Waals surface area (Å²) in [4.78, 5) is 4.43. The van der Waals surface area contributed by atoms with Crippen LogP contribution in [0, 0.1) is 0 Å². The quantitative estimate of drug-likeness (QED) is 0.860. The summed E-state index contributed by atoms with van der Waals surface area (Å²) in [6.45, 7) is 2.13. The number of anilines is 3. The van der Waals surface area contributed by atoms with E-state index in [4.69, 9.17) is 0 Å². The predicted octanol–water partition coefficient (Wildman–Crippen LogP) is 2.75. The Morgan fingerprint density at radius 2 is 2.11 bits per heavy atom. The highest BCUT2D eigenvalue weighted by molar-refractivity contribution is 5.59. The van der Waals surface area contributed by atoms with Gasteiger partial charge in [0.1, 0.15) is 0 Å². The van der Waals surface area contributed by atoms with Crippen LogP contribution < -0.4 is 10.6 Å². The molecule has 3 rings (SSSR count). The Labute approximate surface area is 112 Å². The zero-order valence-electron chi connectivity index (χ0n) is 10.9. The molecule has 1 aromatic carbocycles. The van der Waals surface area contributed by atoms with Gasteiger partial charge in [0.2, 0.25) is 5.95 Å². The van der Waals surface area contributed by atoms with Gasteiger partial charge in [-0.05, 0) is 30.9 Å². The van der Waals surface area contributed by atoms with E-state index in [2.05, 4.69) is 38.8 Å². The molecule has 5 nitrogen and oxygen atoms in total. The van der Waals surface area contributed by atoms with E-state index in [-0.39, 0.29) is 0 Å². The van der Waals surface area contributed by atoms with Crippen molar-refractivity contribution in [3.8, 4) is 0 Å². The first-order valence-corrected chi connectivity index (χ1v) is 6.66. The highest BCUT2D eigenvalue weighted by atomic mass is 15.3. The summed E-state index contributed by atoms with van der Waals surface area (Å²) in [6.07, 6.45) is 5.06. The molecule has 1 aliphatic carbocycles. The van der Waals surface area contributed by atoms with E-state index in [0.717, 1.165) is 17.9 Å². The molecule has 1 heterocycles. The number of aromatic nitrogens is 3. The molecular formula is C14H17N5. The second-order valence-electron chi connectivity index (χ2n) is 4.72. The fraction of sp³-hybridized carbons (Fsp3) is 0.357. The van der Waals surface area contributed by atoms with Gasteiger partial charge in [0.15, 0.2) is 5.82 Å². The van der Waals surface area contributed by atoms with E-state index in [1.54, 1.807) is 6.20 Å². The maximum absolute atomic E-state index is 4.43. The first kappa shape index (κ1) is 11.9. The van der Waals surface area contributed by atoms with Crippen LogP contribution in [0.1, 0.15) is 25.3 Å². The SMILES string of the molecule is CCc1ccccc1Nc1nncc(NC2CC2)n1. The van der Waals surface area contributed by atoms with Gasteiger partial charge in [-0.1, -0.05) is 25.1 Å². The Morgan fingerprint density at radius 1 is 1.26 bits per heavy atom. The van der Waals surface area contributed by atoms with Crippen LogP contribution in [0.15, 0.2) is 30.5 Å². The van der Waals surface area contributed by atoms with Crippen LogP contribution in [0.4, 0.5) is 17.5 Å².